The zero-order valence-electron chi connectivity index (χ0n) is 10.3. The van der Waals surface area contributed by atoms with Crippen molar-refractivity contribution >= 4 is 15.9 Å². The van der Waals surface area contributed by atoms with Crippen LogP contribution in [-0.2, 0) is 18.9 Å². The molecule has 5 nitrogen and oxygen atoms in total. The molecule has 0 saturated carbocycles. The molecule has 0 radical (unpaired) electrons. The maximum absolute atomic E-state index is 11.9. The lowest BCUT2D eigenvalue weighted by atomic mass is 10.1. The van der Waals surface area contributed by atoms with Gasteiger partial charge in [0.15, 0.2) is 0 Å². The van der Waals surface area contributed by atoms with Gasteiger partial charge in [-0.1, -0.05) is 40.2 Å². The van der Waals surface area contributed by atoms with E-state index in [4.69, 9.17) is 4.74 Å². The molecule has 0 aliphatic carbocycles. The molecule has 0 spiro atoms. The van der Waals surface area contributed by atoms with Crippen LogP contribution in [0.2, 0.25) is 0 Å². The summed E-state index contributed by atoms with van der Waals surface area (Å²) in [5.74, 6) is 0. The molecule has 0 aliphatic rings. The third-order valence-corrected chi connectivity index (χ3v) is 3.29. The number of halogens is 1. The van der Waals surface area contributed by atoms with Crippen molar-refractivity contribution in [1.29, 1.82) is 0 Å². The van der Waals surface area contributed by atoms with Gasteiger partial charge in [0, 0.05) is 12.4 Å². The summed E-state index contributed by atoms with van der Waals surface area (Å²) in [4.78, 5) is 11.9. The highest BCUT2D eigenvalue weighted by Gasteiger charge is 2.11. The van der Waals surface area contributed by atoms with Gasteiger partial charge in [-0.25, -0.2) is 14.0 Å². The van der Waals surface area contributed by atoms with Crippen molar-refractivity contribution in [3.05, 3.63) is 45.9 Å². The molecule has 1 aromatic carbocycles. The van der Waals surface area contributed by atoms with E-state index >= 15 is 0 Å². The predicted molar refractivity (Wildman–Crippen MR) is 72.2 cm³/mol. The second-order valence-electron chi connectivity index (χ2n) is 3.93. The number of alkyl halides is 1. The van der Waals surface area contributed by atoms with E-state index in [0.29, 0.717) is 12.6 Å². The van der Waals surface area contributed by atoms with Crippen LogP contribution in [0.3, 0.4) is 0 Å². The van der Waals surface area contributed by atoms with Crippen LogP contribution >= 0.6 is 15.9 Å². The maximum atomic E-state index is 11.9. The van der Waals surface area contributed by atoms with E-state index in [9.17, 15) is 4.79 Å². The lowest BCUT2D eigenvalue weighted by molar-refractivity contribution is 0.357. The molecule has 96 valence electrons. The minimum Gasteiger partial charge on any atom is -0.467 e. The lowest BCUT2D eigenvalue weighted by Crippen LogP contribution is -2.23. The quantitative estimate of drug-likeness (QED) is 0.805. The van der Waals surface area contributed by atoms with Crippen molar-refractivity contribution < 1.29 is 4.74 Å². The van der Waals surface area contributed by atoms with E-state index in [1.807, 2.05) is 24.3 Å². The SMILES string of the molecule is COc1nn(C)c(=O)n1Cc1cccc(CBr)c1. The number of hydrogen-bond acceptors (Lipinski definition) is 3. The van der Waals surface area contributed by atoms with E-state index < -0.39 is 0 Å². The Balaban J connectivity index is 2.36. The number of methoxy groups -OCH3 is 1. The van der Waals surface area contributed by atoms with Crippen molar-refractivity contribution in [2.24, 2.45) is 7.05 Å². The molecule has 1 heterocycles. The van der Waals surface area contributed by atoms with Crippen molar-refractivity contribution in [2.75, 3.05) is 7.11 Å². The van der Waals surface area contributed by atoms with Crippen LogP contribution in [0.5, 0.6) is 6.01 Å². The van der Waals surface area contributed by atoms with Crippen LogP contribution in [0.25, 0.3) is 0 Å². The van der Waals surface area contributed by atoms with Gasteiger partial charge < -0.3 is 4.74 Å². The van der Waals surface area contributed by atoms with Gasteiger partial charge in [0.05, 0.1) is 13.7 Å². The van der Waals surface area contributed by atoms with Crippen molar-refractivity contribution in [3.8, 4) is 6.01 Å². The second-order valence-corrected chi connectivity index (χ2v) is 4.49. The Kier molecular flexibility index (Phi) is 3.86. The monoisotopic (exact) mass is 311 g/mol. The fourth-order valence-electron chi connectivity index (χ4n) is 1.76. The first-order valence-electron chi connectivity index (χ1n) is 5.47. The number of aryl methyl sites for hydroxylation is 1. The first-order valence-corrected chi connectivity index (χ1v) is 6.59. The van der Waals surface area contributed by atoms with Gasteiger partial charge >= 0.3 is 11.7 Å². The fraction of sp³-hybridized carbons (Fsp3) is 0.333. The summed E-state index contributed by atoms with van der Waals surface area (Å²) < 4.78 is 7.88. The molecule has 2 rings (SSSR count). The topological polar surface area (TPSA) is 49.1 Å². The standard InChI is InChI=1S/C12H14BrN3O2/c1-15-12(17)16(11(14-15)18-2)8-10-5-3-4-9(6-10)7-13/h3-6H,7-8H2,1-2H3. The number of aromatic nitrogens is 3. The zero-order chi connectivity index (χ0) is 13.1. The average Bonchev–Trinajstić information content (AvgIpc) is 2.67. The number of benzene rings is 1. The van der Waals surface area contributed by atoms with Crippen LogP contribution in [-0.4, -0.2) is 21.5 Å². The molecule has 0 aliphatic heterocycles. The van der Waals surface area contributed by atoms with E-state index in [1.165, 1.54) is 21.9 Å². The van der Waals surface area contributed by atoms with Crippen molar-refractivity contribution in [3.63, 3.8) is 0 Å². The van der Waals surface area contributed by atoms with Gasteiger partial charge in [-0.2, -0.15) is 0 Å². The first kappa shape index (κ1) is 12.9. The number of hydrogen-bond donors (Lipinski definition) is 0. The average molecular weight is 312 g/mol. The Hall–Kier alpha value is -1.56. The molecule has 0 bridgehead atoms. The van der Waals surface area contributed by atoms with Crippen molar-refractivity contribution in [2.45, 2.75) is 11.9 Å². The van der Waals surface area contributed by atoms with E-state index in [-0.39, 0.29) is 5.69 Å². The predicted octanol–water partition coefficient (Wildman–Crippen LogP) is 1.53. The van der Waals surface area contributed by atoms with Crippen molar-refractivity contribution in [1.82, 2.24) is 14.3 Å². The van der Waals surface area contributed by atoms with E-state index in [1.54, 1.807) is 7.05 Å². The van der Waals surface area contributed by atoms with Crippen LogP contribution in [0, 0.1) is 0 Å². The summed E-state index contributed by atoms with van der Waals surface area (Å²) in [6, 6.07) is 8.35. The molecule has 0 amide bonds. The van der Waals surface area contributed by atoms with E-state index in [0.717, 1.165) is 10.9 Å². The minimum atomic E-state index is -0.184. The Morgan fingerprint density at radius 2 is 2.11 bits per heavy atom. The highest BCUT2D eigenvalue weighted by Crippen LogP contribution is 2.12. The summed E-state index contributed by atoms with van der Waals surface area (Å²) in [5.41, 5.74) is 2.03. The van der Waals surface area contributed by atoms with Gasteiger partial charge in [0.25, 0.3) is 0 Å². The molecular weight excluding hydrogens is 298 g/mol. The summed E-state index contributed by atoms with van der Waals surface area (Å²) in [6.07, 6.45) is 0. The van der Waals surface area contributed by atoms with Gasteiger partial charge in [-0.15, -0.1) is 5.10 Å². The largest absolute Gasteiger partial charge is 0.467 e. The fourth-order valence-corrected chi connectivity index (χ4v) is 2.11. The summed E-state index contributed by atoms with van der Waals surface area (Å²) in [7, 11) is 3.11. The molecular formula is C12H14BrN3O2. The summed E-state index contributed by atoms with van der Waals surface area (Å²) in [6.45, 7) is 0.455. The number of rotatable bonds is 4. The Labute approximate surface area is 113 Å². The van der Waals surface area contributed by atoms with Gasteiger partial charge in [0.1, 0.15) is 0 Å². The molecule has 0 saturated heterocycles. The zero-order valence-corrected chi connectivity index (χ0v) is 11.8. The van der Waals surface area contributed by atoms with Gasteiger partial charge in [0.2, 0.25) is 0 Å². The molecule has 2 aromatic rings. The minimum absolute atomic E-state index is 0.184. The van der Waals surface area contributed by atoms with Crippen LogP contribution < -0.4 is 10.4 Å². The Morgan fingerprint density at radius 1 is 1.39 bits per heavy atom. The molecule has 0 N–H and O–H groups in total. The van der Waals surface area contributed by atoms with Gasteiger partial charge in [-0.05, 0) is 11.1 Å². The van der Waals surface area contributed by atoms with Crippen LogP contribution in [0.1, 0.15) is 11.1 Å². The third kappa shape index (κ3) is 2.48. The number of ether oxygens (including phenoxy) is 1. The third-order valence-electron chi connectivity index (χ3n) is 2.64. The maximum Gasteiger partial charge on any atom is 0.348 e. The molecule has 0 atom stereocenters. The van der Waals surface area contributed by atoms with Gasteiger partial charge in [-0.3, -0.25) is 0 Å². The molecule has 0 unspecified atom stereocenters. The molecule has 0 fully saturated rings. The molecule has 6 heteroatoms. The normalized spacial score (nSPS) is 10.6. The van der Waals surface area contributed by atoms with Crippen LogP contribution in [0.15, 0.2) is 29.1 Å². The Bertz CT molecular complexity index is 604. The second kappa shape index (κ2) is 5.39. The first-order chi connectivity index (χ1) is 8.65. The summed E-state index contributed by atoms with van der Waals surface area (Å²) in [5, 5.41) is 4.79. The van der Waals surface area contributed by atoms with E-state index in [2.05, 4.69) is 21.0 Å². The lowest BCUT2D eigenvalue weighted by Gasteiger charge is -2.05. The Morgan fingerprint density at radius 3 is 2.78 bits per heavy atom. The summed E-state index contributed by atoms with van der Waals surface area (Å²) >= 11 is 3.41. The molecule has 1 aromatic heterocycles. The smallest absolute Gasteiger partial charge is 0.348 e. The molecule has 18 heavy (non-hydrogen) atoms. The van der Waals surface area contributed by atoms with Crippen LogP contribution in [0.4, 0.5) is 0 Å². The number of nitrogens with zero attached hydrogens (tertiary/aromatic N) is 3. The highest BCUT2D eigenvalue weighted by molar-refractivity contribution is 9.08. The highest BCUT2D eigenvalue weighted by atomic mass is 79.9.